The van der Waals surface area contributed by atoms with Crippen molar-refractivity contribution < 1.29 is 9.18 Å². The van der Waals surface area contributed by atoms with E-state index in [9.17, 15) is 9.18 Å². The van der Waals surface area contributed by atoms with Crippen molar-refractivity contribution in [3.05, 3.63) is 35.6 Å². The van der Waals surface area contributed by atoms with E-state index in [1.54, 1.807) is 19.2 Å². The van der Waals surface area contributed by atoms with Crippen LogP contribution >= 0.6 is 0 Å². The van der Waals surface area contributed by atoms with E-state index in [1.807, 2.05) is 0 Å². The van der Waals surface area contributed by atoms with Crippen LogP contribution in [-0.4, -0.2) is 30.9 Å². The van der Waals surface area contributed by atoms with Crippen molar-refractivity contribution in [3.63, 3.8) is 0 Å². The molecule has 0 saturated carbocycles. The van der Waals surface area contributed by atoms with Gasteiger partial charge in [0, 0.05) is 13.6 Å². The number of carbonyl (C=O) groups excluding carboxylic acids is 1. The number of rotatable bonds is 5. The van der Waals surface area contributed by atoms with E-state index in [2.05, 4.69) is 11.2 Å². The second-order valence-corrected chi connectivity index (χ2v) is 3.69. The fourth-order valence-electron chi connectivity index (χ4n) is 1.37. The molecule has 0 aliphatic rings. The summed E-state index contributed by atoms with van der Waals surface area (Å²) in [6.45, 7) is 0.934. The zero-order chi connectivity index (χ0) is 12.7. The third-order valence-corrected chi connectivity index (χ3v) is 2.24. The van der Waals surface area contributed by atoms with Crippen molar-refractivity contribution in [1.29, 1.82) is 0 Å². The number of carbonyl (C=O) groups is 1. The van der Waals surface area contributed by atoms with Crippen molar-refractivity contribution in [1.82, 2.24) is 10.2 Å². The van der Waals surface area contributed by atoms with Crippen LogP contribution in [0.3, 0.4) is 0 Å². The van der Waals surface area contributed by atoms with Gasteiger partial charge in [0.25, 0.3) is 0 Å². The molecule has 0 radical (unpaired) electrons. The van der Waals surface area contributed by atoms with Crippen molar-refractivity contribution in [2.75, 3.05) is 20.1 Å². The molecule has 1 aromatic carbocycles. The van der Waals surface area contributed by atoms with Crippen LogP contribution in [0.5, 0.6) is 0 Å². The standard InChI is InChI=1S/C13H15FN2O/c1-3-7-15-9-13(17)16(2)10-11-5-4-6-12(14)8-11/h1,4-6,8,15H,7,9-10H2,2H3. The Morgan fingerprint density at radius 1 is 1.59 bits per heavy atom. The molecule has 1 amide bonds. The van der Waals surface area contributed by atoms with E-state index >= 15 is 0 Å². The third-order valence-electron chi connectivity index (χ3n) is 2.24. The summed E-state index contributed by atoms with van der Waals surface area (Å²) in [5.41, 5.74) is 0.762. The highest BCUT2D eigenvalue weighted by Crippen LogP contribution is 2.06. The van der Waals surface area contributed by atoms with Crippen molar-refractivity contribution >= 4 is 5.91 Å². The maximum absolute atomic E-state index is 12.9. The monoisotopic (exact) mass is 234 g/mol. The molecule has 0 fully saturated rings. The molecule has 0 aliphatic carbocycles. The van der Waals surface area contributed by atoms with Crippen molar-refractivity contribution in [2.24, 2.45) is 0 Å². The molecule has 0 bridgehead atoms. The summed E-state index contributed by atoms with van der Waals surface area (Å²) in [4.78, 5) is 13.1. The largest absolute Gasteiger partial charge is 0.340 e. The predicted octanol–water partition coefficient (Wildman–Crippen LogP) is 1.01. The molecule has 0 heterocycles. The van der Waals surface area contributed by atoms with Crippen LogP contribution in [0.25, 0.3) is 0 Å². The van der Waals surface area contributed by atoms with Gasteiger partial charge >= 0.3 is 0 Å². The van der Waals surface area contributed by atoms with Gasteiger partial charge in [0.05, 0.1) is 13.1 Å². The first-order chi connectivity index (χ1) is 8.13. The van der Waals surface area contributed by atoms with Gasteiger partial charge in [0.1, 0.15) is 5.82 Å². The smallest absolute Gasteiger partial charge is 0.236 e. The first kappa shape index (κ1) is 13.2. The van der Waals surface area contributed by atoms with Gasteiger partial charge in [0.15, 0.2) is 0 Å². The molecule has 17 heavy (non-hydrogen) atoms. The van der Waals surface area contributed by atoms with E-state index in [-0.39, 0.29) is 18.3 Å². The minimum atomic E-state index is -0.297. The van der Waals surface area contributed by atoms with E-state index in [1.165, 1.54) is 17.0 Å². The lowest BCUT2D eigenvalue weighted by molar-refractivity contribution is -0.129. The minimum Gasteiger partial charge on any atom is -0.340 e. The van der Waals surface area contributed by atoms with E-state index in [0.29, 0.717) is 13.1 Å². The molecule has 3 nitrogen and oxygen atoms in total. The number of likely N-dealkylation sites (N-methyl/N-ethyl adjacent to an activating group) is 1. The number of hydrogen-bond donors (Lipinski definition) is 1. The summed E-state index contributed by atoms with van der Waals surface area (Å²) < 4.78 is 12.9. The van der Waals surface area contributed by atoms with Gasteiger partial charge in [-0.3, -0.25) is 10.1 Å². The van der Waals surface area contributed by atoms with Crippen LogP contribution in [-0.2, 0) is 11.3 Å². The maximum atomic E-state index is 12.9. The molecule has 0 saturated heterocycles. The highest BCUT2D eigenvalue weighted by Gasteiger charge is 2.08. The van der Waals surface area contributed by atoms with Crippen LogP contribution in [0.1, 0.15) is 5.56 Å². The van der Waals surface area contributed by atoms with Gasteiger partial charge in [-0.25, -0.2) is 4.39 Å². The SMILES string of the molecule is C#CCNCC(=O)N(C)Cc1cccc(F)c1. The molecule has 1 N–H and O–H groups in total. The Morgan fingerprint density at radius 2 is 2.35 bits per heavy atom. The molecule has 0 spiro atoms. The highest BCUT2D eigenvalue weighted by molar-refractivity contribution is 5.77. The zero-order valence-electron chi connectivity index (χ0n) is 9.74. The number of nitrogens with one attached hydrogen (secondary N) is 1. The molecule has 0 aromatic heterocycles. The molecular formula is C13H15FN2O. The summed E-state index contributed by atoms with van der Waals surface area (Å²) in [5.74, 6) is 2.01. The Kier molecular flexibility index (Phi) is 5.18. The number of terminal acetylenes is 1. The van der Waals surface area contributed by atoms with Crippen LogP contribution in [0.2, 0.25) is 0 Å². The quantitative estimate of drug-likeness (QED) is 0.609. The predicted molar refractivity (Wildman–Crippen MR) is 64.6 cm³/mol. The lowest BCUT2D eigenvalue weighted by atomic mass is 10.2. The van der Waals surface area contributed by atoms with E-state index in [0.717, 1.165) is 5.56 Å². The van der Waals surface area contributed by atoms with Crippen LogP contribution in [0.4, 0.5) is 4.39 Å². The molecule has 1 rings (SSSR count). The van der Waals surface area contributed by atoms with Gasteiger partial charge in [0.2, 0.25) is 5.91 Å². The Balaban J connectivity index is 2.46. The Hall–Kier alpha value is -1.86. The first-order valence-electron chi connectivity index (χ1n) is 5.26. The summed E-state index contributed by atoms with van der Waals surface area (Å²) >= 11 is 0. The minimum absolute atomic E-state index is 0.0792. The zero-order valence-corrected chi connectivity index (χ0v) is 9.74. The second-order valence-electron chi connectivity index (χ2n) is 3.69. The Bertz CT molecular complexity index is 426. The molecule has 0 unspecified atom stereocenters. The maximum Gasteiger partial charge on any atom is 0.236 e. The first-order valence-corrected chi connectivity index (χ1v) is 5.26. The van der Waals surface area contributed by atoms with Gasteiger partial charge in [-0.1, -0.05) is 18.1 Å². The summed E-state index contributed by atoms with van der Waals surface area (Å²) in [5, 5.41) is 2.81. The molecular weight excluding hydrogens is 219 g/mol. The average Bonchev–Trinajstić information content (AvgIpc) is 2.29. The molecule has 4 heteroatoms. The molecule has 0 aliphatic heterocycles. The van der Waals surface area contributed by atoms with Crippen molar-refractivity contribution in [3.8, 4) is 12.3 Å². The highest BCUT2D eigenvalue weighted by atomic mass is 19.1. The Morgan fingerprint density at radius 3 is 3.00 bits per heavy atom. The molecule has 1 aromatic rings. The summed E-state index contributed by atoms with van der Waals surface area (Å²) in [6, 6.07) is 6.19. The lowest BCUT2D eigenvalue weighted by Crippen LogP contribution is -2.35. The number of halogens is 1. The van der Waals surface area contributed by atoms with E-state index in [4.69, 9.17) is 6.42 Å². The second kappa shape index (κ2) is 6.66. The van der Waals surface area contributed by atoms with Crippen LogP contribution in [0, 0.1) is 18.2 Å². The topological polar surface area (TPSA) is 32.3 Å². The van der Waals surface area contributed by atoms with Crippen molar-refractivity contribution in [2.45, 2.75) is 6.54 Å². The summed E-state index contributed by atoms with van der Waals surface area (Å²) in [7, 11) is 1.67. The number of benzene rings is 1. The Labute approximate surface area is 101 Å². The molecule has 0 atom stereocenters. The number of hydrogen-bond acceptors (Lipinski definition) is 2. The van der Waals surface area contributed by atoms with Crippen LogP contribution < -0.4 is 5.32 Å². The number of amides is 1. The molecule has 90 valence electrons. The normalized spacial score (nSPS) is 9.71. The van der Waals surface area contributed by atoms with Gasteiger partial charge in [-0.05, 0) is 17.7 Å². The van der Waals surface area contributed by atoms with Gasteiger partial charge < -0.3 is 4.90 Å². The van der Waals surface area contributed by atoms with Crippen LogP contribution in [0.15, 0.2) is 24.3 Å². The lowest BCUT2D eigenvalue weighted by Gasteiger charge is -2.17. The van der Waals surface area contributed by atoms with Gasteiger partial charge in [-0.15, -0.1) is 6.42 Å². The summed E-state index contributed by atoms with van der Waals surface area (Å²) in [6.07, 6.45) is 5.05. The fourth-order valence-corrected chi connectivity index (χ4v) is 1.37. The van der Waals surface area contributed by atoms with Gasteiger partial charge in [-0.2, -0.15) is 0 Å². The number of nitrogens with zero attached hydrogens (tertiary/aromatic N) is 1. The fraction of sp³-hybridized carbons (Fsp3) is 0.308. The third kappa shape index (κ3) is 4.66. The average molecular weight is 234 g/mol. The van der Waals surface area contributed by atoms with E-state index < -0.39 is 0 Å².